The van der Waals surface area contributed by atoms with Gasteiger partial charge in [-0.1, -0.05) is 98.5 Å². The van der Waals surface area contributed by atoms with Crippen LogP contribution in [0.3, 0.4) is 0 Å². The van der Waals surface area contributed by atoms with E-state index in [1.54, 1.807) is 0 Å². The van der Waals surface area contributed by atoms with Gasteiger partial charge >= 0.3 is 17.9 Å². The summed E-state index contributed by atoms with van der Waals surface area (Å²) in [6, 6.07) is 0. The van der Waals surface area contributed by atoms with Gasteiger partial charge in [-0.3, -0.25) is 4.79 Å². The van der Waals surface area contributed by atoms with Crippen molar-refractivity contribution in [3.63, 3.8) is 0 Å². The fourth-order valence-electron chi connectivity index (χ4n) is 3.88. The molecule has 0 saturated heterocycles. The maximum absolute atomic E-state index is 12.5. The summed E-state index contributed by atoms with van der Waals surface area (Å²) in [6.45, 7) is 12.6. The molecular weight excluding hydrogens is 444 g/mol. The van der Waals surface area contributed by atoms with E-state index in [9.17, 15) is 14.4 Å². The molecule has 2 unspecified atom stereocenters. The third-order valence-corrected chi connectivity index (χ3v) is 6.20. The van der Waals surface area contributed by atoms with Gasteiger partial charge in [-0.25, -0.2) is 9.59 Å². The standard InChI is InChI=1S/C29H52O6/c1-6-9-10-11-12-13-14-17-22-33-28(31)25(7-2)20-21-26(35-27(30)8-3)29(32)34-23-18-15-16-19-24(4)5/h8,24-26H,3,6-7,9-23H2,1-2,4-5H3. The van der Waals surface area contributed by atoms with E-state index in [0.29, 0.717) is 32.0 Å². The number of hydrogen-bond donors (Lipinski definition) is 0. The zero-order valence-electron chi connectivity index (χ0n) is 23.0. The summed E-state index contributed by atoms with van der Waals surface area (Å²) in [5, 5.41) is 0. The van der Waals surface area contributed by atoms with Crippen LogP contribution in [-0.4, -0.2) is 37.2 Å². The summed E-state index contributed by atoms with van der Waals surface area (Å²) in [7, 11) is 0. The monoisotopic (exact) mass is 496 g/mol. The van der Waals surface area contributed by atoms with Gasteiger partial charge in [0, 0.05) is 6.08 Å². The van der Waals surface area contributed by atoms with E-state index in [0.717, 1.165) is 44.6 Å². The molecule has 35 heavy (non-hydrogen) atoms. The Morgan fingerprint density at radius 1 is 0.714 bits per heavy atom. The minimum atomic E-state index is -1.04. The number of carbonyl (C=O) groups is 3. The highest BCUT2D eigenvalue weighted by atomic mass is 16.6. The second kappa shape index (κ2) is 22.6. The van der Waals surface area contributed by atoms with E-state index in [-0.39, 0.29) is 18.3 Å². The van der Waals surface area contributed by atoms with Gasteiger partial charge in [-0.15, -0.1) is 0 Å². The quantitative estimate of drug-likeness (QED) is 0.0637. The Balaban J connectivity index is 4.37. The first kappa shape index (κ1) is 33.1. The Morgan fingerprint density at radius 2 is 1.26 bits per heavy atom. The van der Waals surface area contributed by atoms with Crippen LogP contribution in [0.15, 0.2) is 12.7 Å². The van der Waals surface area contributed by atoms with Crippen molar-refractivity contribution < 1.29 is 28.6 Å². The summed E-state index contributed by atoms with van der Waals surface area (Å²) in [6.07, 6.45) is 14.7. The van der Waals surface area contributed by atoms with Crippen molar-refractivity contribution in [1.82, 2.24) is 0 Å². The largest absolute Gasteiger partial charge is 0.465 e. The van der Waals surface area contributed by atoms with Crippen molar-refractivity contribution in [1.29, 1.82) is 0 Å². The molecule has 0 aromatic heterocycles. The molecule has 0 aromatic rings. The number of carbonyl (C=O) groups excluding carboxylic acids is 3. The first-order valence-electron chi connectivity index (χ1n) is 14.0. The maximum Gasteiger partial charge on any atom is 0.347 e. The van der Waals surface area contributed by atoms with Crippen LogP contribution in [0.2, 0.25) is 0 Å². The third kappa shape index (κ3) is 19.1. The van der Waals surface area contributed by atoms with E-state index in [2.05, 4.69) is 27.4 Å². The SMILES string of the molecule is C=CC(=O)OC(CCC(CC)C(=O)OCCCCCCCCCC)C(=O)OCCCCCC(C)C. The van der Waals surface area contributed by atoms with Crippen LogP contribution in [0.4, 0.5) is 0 Å². The molecule has 0 aliphatic rings. The molecule has 0 aliphatic carbocycles. The van der Waals surface area contributed by atoms with Crippen LogP contribution in [0, 0.1) is 11.8 Å². The Morgan fingerprint density at radius 3 is 1.80 bits per heavy atom. The lowest BCUT2D eigenvalue weighted by Gasteiger charge is -2.19. The van der Waals surface area contributed by atoms with Crippen molar-refractivity contribution in [3.05, 3.63) is 12.7 Å². The van der Waals surface area contributed by atoms with E-state index in [1.165, 1.54) is 38.5 Å². The molecule has 6 nitrogen and oxygen atoms in total. The fourth-order valence-corrected chi connectivity index (χ4v) is 3.88. The second-order valence-corrected chi connectivity index (χ2v) is 9.87. The highest BCUT2D eigenvalue weighted by molar-refractivity contribution is 5.85. The van der Waals surface area contributed by atoms with Crippen molar-refractivity contribution in [2.75, 3.05) is 13.2 Å². The van der Waals surface area contributed by atoms with Gasteiger partial charge < -0.3 is 14.2 Å². The smallest absolute Gasteiger partial charge is 0.347 e. The summed E-state index contributed by atoms with van der Waals surface area (Å²) < 4.78 is 16.0. The Kier molecular flexibility index (Phi) is 21.4. The Hall–Kier alpha value is -1.85. The molecule has 0 rings (SSSR count). The molecule has 0 aromatic carbocycles. The van der Waals surface area contributed by atoms with Gasteiger partial charge in [0.25, 0.3) is 0 Å². The van der Waals surface area contributed by atoms with E-state index >= 15 is 0 Å². The summed E-state index contributed by atoms with van der Waals surface area (Å²) in [4.78, 5) is 36.7. The van der Waals surface area contributed by atoms with Gasteiger partial charge in [0.1, 0.15) is 0 Å². The molecule has 0 radical (unpaired) electrons. The van der Waals surface area contributed by atoms with Crippen LogP contribution in [0.1, 0.15) is 124 Å². The molecule has 0 heterocycles. The predicted octanol–water partition coefficient (Wildman–Crippen LogP) is 7.33. The van der Waals surface area contributed by atoms with Gasteiger partial charge in [0.2, 0.25) is 0 Å². The number of ether oxygens (including phenoxy) is 3. The van der Waals surface area contributed by atoms with Crippen LogP contribution >= 0.6 is 0 Å². The van der Waals surface area contributed by atoms with Crippen LogP contribution < -0.4 is 0 Å². The van der Waals surface area contributed by atoms with E-state index in [1.807, 2.05) is 6.92 Å². The molecule has 0 N–H and O–H groups in total. The number of unbranched alkanes of at least 4 members (excludes halogenated alkanes) is 9. The zero-order chi connectivity index (χ0) is 26.3. The lowest BCUT2D eigenvalue weighted by atomic mass is 9.98. The molecule has 6 heteroatoms. The van der Waals surface area contributed by atoms with E-state index in [4.69, 9.17) is 14.2 Å². The Bertz CT molecular complexity index is 572. The minimum Gasteiger partial charge on any atom is -0.465 e. The normalized spacial score (nSPS) is 12.7. The first-order valence-corrected chi connectivity index (χ1v) is 14.0. The summed E-state index contributed by atoms with van der Waals surface area (Å²) >= 11 is 0. The highest BCUT2D eigenvalue weighted by Gasteiger charge is 2.27. The van der Waals surface area contributed by atoms with Gasteiger partial charge in [0.15, 0.2) is 6.10 Å². The third-order valence-electron chi connectivity index (χ3n) is 6.20. The topological polar surface area (TPSA) is 78.9 Å². The fraction of sp³-hybridized carbons (Fsp3) is 0.828. The number of hydrogen-bond acceptors (Lipinski definition) is 6. The highest BCUT2D eigenvalue weighted by Crippen LogP contribution is 2.18. The molecular formula is C29H52O6. The van der Waals surface area contributed by atoms with Crippen LogP contribution in [0.25, 0.3) is 0 Å². The summed E-state index contributed by atoms with van der Waals surface area (Å²) in [5.41, 5.74) is 0. The summed E-state index contributed by atoms with van der Waals surface area (Å²) in [5.74, 6) is -1.15. The van der Waals surface area contributed by atoms with E-state index < -0.39 is 18.0 Å². The minimum absolute atomic E-state index is 0.219. The molecule has 0 saturated carbocycles. The van der Waals surface area contributed by atoms with Crippen molar-refractivity contribution in [3.8, 4) is 0 Å². The molecule has 0 amide bonds. The molecule has 0 spiro atoms. The zero-order valence-corrected chi connectivity index (χ0v) is 23.0. The van der Waals surface area contributed by atoms with Crippen LogP contribution in [-0.2, 0) is 28.6 Å². The molecule has 204 valence electrons. The number of rotatable bonds is 23. The average molecular weight is 497 g/mol. The maximum atomic E-state index is 12.5. The lowest BCUT2D eigenvalue weighted by molar-refractivity contribution is -0.166. The van der Waals surface area contributed by atoms with Gasteiger partial charge in [-0.05, 0) is 38.0 Å². The molecule has 0 bridgehead atoms. The molecule has 0 aliphatic heterocycles. The van der Waals surface area contributed by atoms with Crippen molar-refractivity contribution in [2.45, 2.75) is 130 Å². The van der Waals surface area contributed by atoms with Gasteiger partial charge in [0.05, 0.1) is 19.1 Å². The lowest BCUT2D eigenvalue weighted by Crippen LogP contribution is -2.30. The molecule has 0 fully saturated rings. The second-order valence-electron chi connectivity index (χ2n) is 9.87. The number of esters is 3. The van der Waals surface area contributed by atoms with Gasteiger partial charge in [-0.2, -0.15) is 0 Å². The average Bonchev–Trinajstić information content (AvgIpc) is 2.84. The Labute approximate surface area is 214 Å². The predicted molar refractivity (Wildman–Crippen MR) is 141 cm³/mol. The van der Waals surface area contributed by atoms with Crippen molar-refractivity contribution in [2.24, 2.45) is 11.8 Å². The first-order chi connectivity index (χ1) is 16.8. The van der Waals surface area contributed by atoms with Crippen LogP contribution in [0.5, 0.6) is 0 Å². The molecule has 2 atom stereocenters. The van der Waals surface area contributed by atoms with Crippen molar-refractivity contribution >= 4 is 17.9 Å².